The van der Waals surface area contributed by atoms with Gasteiger partial charge in [0.2, 0.25) is 6.29 Å². The summed E-state index contributed by atoms with van der Waals surface area (Å²) in [7, 11) is 0. The lowest BCUT2D eigenvalue weighted by Crippen LogP contribution is -2.60. The third-order valence-electron chi connectivity index (χ3n) is 3.79. The van der Waals surface area contributed by atoms with Crippen LogP contribution in [-0.4, -0.2) is 62.7 Å². The van der Waals surface area contributed by atoms with E-state index in [-0.39, 0.29) is 0 Å². The summed E-state index contributed by atoms with van der Waals surface area (Å²) in [6.45, 7) is -0.523. The van der Waals surface area contributed by atoms with Crippen molar-refractivity contribution in [3.05, 3.63) is 27.8 Å². The summed E-state index contributed by atoms with van der Waals surface area (Å²) in [5.74, 6) is 0.315. The fourth-order valence-electron chi connectivity index (χ4n) is 2.51. The van der Waals surface area contributed by atoms with Crippen molar-refractivity contribution in [2.75, 3.05) is 6.61 Å². The highest BCUT2D eigenvalue weighted by molar-refractivity contribution is 9.10. The number of nitrogens with one attached hydrogen (secondary N) is 1. The van der Waals surface area contributed by atoms with E-state index in [1.165, 1.54) is 0 Å². The van der Waals surface area contributed by atoms with Crippen LogP contribution in [0.4, 0.5) is 0 Å². The van der Waals surface area contributed by atoms with Crippen LogP contribution in [0, 0.1) is 0 Å². The Kier molecular flexibility index (Phi) is 4.84. The first-order valence-electron chi connectivity index (χ1n) is 6.86. The van der Waals surface area contributed by atoms with Crippen LogP contribution < -0.4 is 4.74 Å². The van der Waals surface area contributed by atoms with Gasteiger partial charge in [-0.3, -0.25) is 0 Å². The second-order valence-corrected chi connectivity index (χ2v) is 6.48. The van der Waals surface area contributed by atoms with Crippen LogP contribution in [0.1, 0.15) is 0 Å². The van der Waals surface area contributed by atoms with E-state index in [0.717, 1.165) is 5.52 Å². The van der Waals surface area contributed by atoms with E-state index in [4.69, 9.17) is 21.1 Å². The van der Waals surface area contributed by atoms with Gasteiger partial charge in [0.25, 0.3) is 0 Å². The van der Waals surface area contributed by atoms with E-state index < -0.39 is 37.3 Å². The largest absolute Gasteiger partial charge is 0.460 e. The third-order valence-corrected chi connectivity index (χ3v) is 5.07. The van der Waals surface area contributed by atoms with Gasteiger partial charge in [-0.2, -0.15) is 0 Å². The first-order valence-corrected chi connectivity index (χ1v) is 8.03. The van der Waals surface area contributed by atoms with Crippen molar-refractivity contribution in [2.24, 2.45) is 0 Å². The number of aromatic amines is 1. The Labute approximate surface area is 144 Å². The molecule has 1 saturated heterocycles. The molecular formula is C14H15BrClNO6. The zero-order valence-electron chi connectivity index (χ0n) is 11.7. The van der Waals surface area contributed by atoms with Gasteiger partial charge >= 0.3 is 0 Å². The van der Waals surface area contributed by atoms with E-state index in [1.807, 2.05) is 0 Å². The van der Waals surface area contributed by atoms with Crippen LogP contribution >= 0.6 is 27.5 Å². The molecule has 1 aromatic carbocycles. The van der Waals surface area contributed by atoms with Gasteiger partial charge in [-0.05, 0) is 28.1 Å². The third kappa shape index (κ3) is 2.96. The van der Waals surface area contributed by atoms with E-state index >= 15 is 0 Å². The second kappa shape index (κ2) is 6.56. The van der Waals surface area contributed by atoms with Gasteiger partial charge in [-0.1, -0.05) is 11.6 Å². The molecule has 2 aromatic rings. The molecule has 0 aliphatic carbocycles. The number of hydrogen-bond donors (Lipinski definition) is 5. The predicted molar refractivity (Wildman–Crippen MR) is 85.4 cm³/mol. The van der Waals surface area contributed by atoms with Gasteiger partial charge < -0.3 is 34.9 Å². The molecule has 1 aliphatic heterocycles. The van der Waals surface area contributed by atoms with Crippen LogP contribution in [0.25, 0.3) is 10.9 Å². The number of H-pyrrole nitrogens is 1. The molecule has 0 amide bonds. The van der Waals surface area contributed by atoms with E-state index in [2.05, 4.69) is 20.9 Å². The maximum Gasteiger partial charge on any atom is 0.229 e. The molecule has 3 rings (SSSR count). The SMILES string of the molecule is OC[C@H]1OC(Oc2c[nH]c3ccc(Br)c(Cl)c23)[C@H](O)[C@@H](O)[C@@H]1O. The summed E-state index contributed by atoms with van der Waals surface area (Å²) in [4.78, 5) is 2.98. The average Bonchev–Trinajstić information content (AvgIpc) is 2.95. The van der Waals surface area contributed by atoms with Crippen molar-refractivity contribution in [3.63, 3.8) is 0 Å². The van der Waals surface area contributed by atoms with Gasteiger partial charge in [-0.15, -0.1) is 0 Å². The van der Waals surface area contributed by atoms with Crippen LogP contribution in [0.15, 0.2) is 22.8 Å². The number of fused-ring (bicyclic) bond motifs is 1. The summed E-state index contributed by atoms with van der Waals surface area (Å²) < 4.78 is 11.6. The fourth-order valence-corrected chi connectivity index (χ4v) is 3.10. The lowest BCUT2D eigenvalue weighted by atomic mass is 9.99. The Balaban J connectivity index is 1.91. The fraction of sp³-hybridized carbons (Fsp3) is 0.429. The summed E-state index contributed by atoms with van der Waals surface area (Å²) in [5, 5.41) is 39.8. The molecule has 2 heterocycles. The van der Waals surface area contributed by atoms with Crippen molar-refractivity contribution in [3.8, 4) is 5.75 Å². The monoisotopic (exact) mass is 407 g/mol. The normalized spacial score (nSPS) is 31.5. The summed E-state index contributed by atoms with van der Waals surface area (Å²) in [6, 6.07) is 3.57. The predicted octanol–water partition coefficient (Wildman–Crippen LogP) is 0.762. The zero-order valence-corrected chi connectivity index (χ0v) is 14.0. The van der Waals surface area contributed by atoms with Gasteiger partial charge in [0, 0.05) is 10.7 Å². The quantitative estimate of drug-likeness (QED) is 0.512. The highest BCUT2D eigenvalue weighted by atomic mass is 79.9. The van der Waals surface area contributed by atoms with Gasteiger partial charge in [0.1, 0.15) is 30.2 Å². The van der Waals surface area contributed by atoms with Crippen molar-refractivity contribution in [1.29, 1.82) is 0 Å². The first-order chi connectivity index (χ1) is 10.9. The van der Waals surface area contributed by atoms with Crippen LogP contribution in [-0.2, 0) is 4.74 Å². The number of aromatic nitrogens is 1. The molecule has 23 heavy (non-hydrogen) atoms. The lowest BCUT2D eigenvalue weighted by molar-refractivity contribution is -0.277. The molecule has 0 radical (unpaired) electrons. The van der Waals surface area contributed by atoms with Crippen molar-refractivity contribution >= 4 is 38.4 Å². The maximum absolute atomic E-state index is 10.0. The summed E-state index contributed by atoms with van der Waals surface area (Å²) in [5.41, 5.74) is 0.720. The molecule has 1 aliphatic rings. The van der Waals surface area contributed by atoms with E-state index in [1.54, 1.807) is 18.3 Å². The molecular weight excluding hydrogens is 394 g/mol. The second-order valence-electron chi connectivity index (χ2n) is 5.25. The molecule has 126 valence electrons. The number of halogens is 2. The van der Waals surface area contributed by atoms with Gasteiger partial charge in [0.05, 0.1) is 22.5 Å². The van der Waals surface area contributed by atoms with Crippen molar-refractivity contribution < 1.29 is 29.9 Å². The molecule has 9 heteroatoms. The van der Waals surface area contributed by atoms with E-state index in [0.29, 0.717) is 20.6 Å². The molecule has 0 saturated carbocycles. The van der Waals surface area contributed by atoms with Gasteiger partial charge in [-0.25, -0.2) is 0 Å². The highest BCUT2D eigenvalue weighted by Gasteiger charge is 2.44. The topological polar surface area (TPSA) is 115 Å². The molecule has 5 N–H and O–H groups in total. The number of aliphatic hydroxyl groups excluding tert-OH is 4. The number of aliphatic hydroxyl groups is 4. The molecule has 0 spiro atoms. The molecule has 7 nitrogen and oxygen atoms in total. The summed E-state index contributed by atoms with van der Waals surface area (Å²) >= 11 is 9.58. The van der Waals surface area contributed by atoms with Crippen LogP contribution in [0.3, 0.4) is 0 Å². The zero-order chi connectivity index (χ0) is 16.7. The standard InChI is InChI=1S/C14H15BrClNO6/c15-5-1-2-6-9(10(5)16)7(3-17-6)22-14-13(21)12(20)11(19)8(4-18)23-14/h1-3,8,11-14,17-21H,4H2/t8-,11-,12+,13-,14?/m1/s1. The van der Waals surface area contributed by atoms with Crippen molar-refractivity contribution in [2.45, 2.75) is 30.7 Å². The Hall–Kier alpha value is -0.870. The van der Waals surface area contributed by atoms with Crippen LogP contribution in [0.2, 0.25) is 5.02 Å². The minimum atomic E-state index is -1.50. The Morgan fingerprint density at radius 3 is 2.65 bits per heavy atom. The Bertz CT molecular complexity index is 708. The maximum atomic E-state index is 10.0. The number of hydrogen-bond acceptors (Lipinski definition) is 6. The van der Waals surface area contributed by atoms with Crippen LogP contribution in [0.5, 0.6) is 5.75 Å². The number of benzene rings is 1. The minimum Gasteiger partial charge on any atom is -0.460 e. The number of rotatable bonds is 3. The van der Waals surface area contributed by atoms with Gasteiger partial charge in [0.15, 0.2) is 0 Å². The summed E-state index contributed by atoms with van der Waals surface area (Å²) in [6.07, 6.45) is -5.17. The first kappa shape index (κ1) is 17.0. The molecule has 1 aromatic heterocycles. The van der Waals surface area contributed by atoms with E-state index in [9.17, 15) is 20.4 Å². The average molecular weight is 409 g/mol. The molecule has 0 bridgehead atoms. The number of ether oxygens (including phenoxy) is 2. The Morgan fingerprint density at radius 2 is 1.96 bits per heavy atom. The minimum absolute atomic E-state index is 0.315. The molecule has 1 fully saturated rings. The lowest BCUT2D eigenvalue weighted by Gasteiger charge is -2.39. The highest BCUT2D eigenvalue weighted by Crippen LogP contribution is 2.38. The molecule has 1 unspecified atom stereocenters. The smallest absolute Gasteiger partial charge is 0.229 e. The van der Waals surface area contributed by atoms with Crippen molar-refractivity contribution in [1.82, 2.24) is 4.98 Å². The Morgan fingerprint density at radius 1 is 1.22 bits per heavy atom. The molecule has 5 atom stereocenters.